The number of nitrogens with one attached hydrogen (secondary N) is 1. The molecule has 152 valence electrons. The quantitative estimate of drug-likeness (QED) is 0.314. The van der Waals surface area contributed by atoms with Crippen LogP contribution in [-0.4, -0.2) is 29.5 Å². The molecule has 29 heavy (non-hydrogen) atoms. The highest BCUT2D eigenvalue weighted by atomic mass is 32.3. The fourth-order valence-corrected chi connectivity index (χ4v) is 3.44. The minimum Gasteiger partial charge on any atom is -0.726 e. The number of rotatable bonds is 4. The average Bonchev–Trinajstić information content (AvgIpc) is 3.10. The summed E-state index contributed by atoms with van der Waals surface area (Å²) >= 11 is 0. The molecule has 0 aliphatic carbocycles. The van der Waals surface area contributed by atoms with E-state index in [1.165, 1.54) is 23.4 Å². The molecule has 0 bridgehead atoms. The molecule has 0 amide bonds. The van der Waals surface area contributed by atoms with E-state index >= 15 is 0 Å². The summed E-state index contributed by atoms with van der Waals surface area (Å²) in [6.07, 6.45) is 2.14. The molecule has 2 heterocycles. The van der Waals surface area contributed by atoms with Crippen LogP contribution in [0.2, 0.25) is 0 Å². The maximum atomic E-state index is 9.45. The normalized spacial score (nSPS) is 11.4. The van der Waals surface area contributed by atoms with Crippen LogP contribution in [0.3, 0.4) is 0 Å². The topological polar surface area (TPSA) is 99.0 Å². The fourth-order valence-electron chi connectivity index (χ4n) is 3.15. The van der Waals surface area contributed by atoms with Crippen molar-refractivity contribution in [1.29, 1.82) is 0 Å². The zero-order valence-electron chi connectivity index (χ0n) is 16.5. The van der Waals surface area contributed by atoms with E-state index in [1.54, 1.807) is 0 Å². The molecule has 4 rings (SSSR count). The number of benzene rings is 2. The monoisotopic (exact) mass is 413 g/mol. The van der Waals surface area contributed by atoms with Crippen LogP contribution in [0.25, 0.3) is 33.3 Å². The molecule has 0 atom stereocenters. The van der Waals surface area contributed by atoms with Crippen LogP contribution < -0.4 is 4.57 Å². The van der Waals surface area contributed by atoms with Gasteiger partial charge in [-0.25, -0.2) is 13.4 Å². The van der Waals surface area contributed by atoms with Gasteiger partial charge in [0.15, 0.2) is 6.20 Å². The van der Waals surface area contributed by atoms with E-state index in [-0.39, 0.29) is 6.61 Å². The maximum Gasteiger partial charge on any atom is 0.217 e. The van der Waals surface area contributed by atoms with Gasteiger partial charge in [0.05, 0.1) is 23.0 Å². The van der Waals surface area contributed by atoms with Crippen LogP contribution in [-0.2, 0) is 21.1 Å². The van der Waals surface area contributed by atoms with Gasteiger partial charge in [0.2, 0.25) is 15.9 Å². The van der Waals surface area contributed by atoms with Crippen LogP contribution in [0.5, 0.6) is 0 Å². The van der Waals surface area contributed by atoms with E-state index < -0.39 is 10.4 Å². The number of para-hydroxylation sites is 2. The number of H-pyrrole nitrogens is 1. The zero-order valence-corrected chi connectivity index (χ0v) is 17.4. The highest BCUT2D eigenvalue weighted by Crippen LogP contribution is 2.27. The Labute approximate surface area is 169 Å². The smallest absolute Gasteiger partial charge is 0.217 e. The summed E-state index contributed by atoms with van der Waals surface area (Å²) in [6.45, 7) is 6.59. The number of aryl methyl sites for hydroxylation is 2. The molecule has 0 radical (unpaired) electrons. The van der Waals surface area contributed by atoms with Gasteiger partial charge in [0.25, 0.3) is 0 Å². The van der Waals surface area contributed by atoms with Crippen molar-refractivity contribution in [3.05, 3.63) is 60.3 Å². The molecule has 0 spiro atoms. The second-order valence-electron chi connectivity index (χ2n) is 6.45. The van der Waals surface area contributed by atoms with E-state index in [1.807, 2.05) is 18.2 Å². The van der Waals surface area contributed by atoms with Crippen LogP contribution in [0.15, 0.2) is 54.7 Å². The van der Waals surface area contributed by atoms with Gasteiger partial charge >= 0.3 is 0 Å². The highest BCUT2D eigenvalue weighted by molar-refractivity contribution is 7.80. The largest absolute Gasteiger partial charge is 0.726 e. The second-order valence-corrected chi connectivity index (χ2v) is 7.51. The number of hydrogen-bond acceptors (Lipinski definition) is 5. The summed E-state index contributed by atoms with van der Waals surface area (Å²) in [5.74, 6) is 0.929. The van der Waals surface area contributed by atoms with Crippen molar-refractivity contribution in [1.82, 2.24) is 9.97 Å². The lowest BCUT2D eigenvalue weighted by atomic mass is 10.1. The molecular weight excluding hydrogens is 390 g/mol. The molecule has 4 aromatic rings. The molecule has 0 aliphatic heterocycles. The van der Waals surface area contributed by atoms with Gasteiger partial charge in [-0.3, -0.25) is 4.18 Å². The lowest BCUT2D eigenvalue weighted by Gasteiger charge is -2.05. The van der Waals surface area contributed by atoms with Crippen molar-refractivity contribution in [2.75, 3.05) is 6.61 Å². The van der Waals surface area contributed by atoms with E-state index in [4.69, 9.17) is 4.98 Å². The minimum absolute atomic E-state index is 0.0914. The summed E-state index contributed by atoms with van der Waals surface area (Å²) in [4.78, 5) is 8.18. The first kappa shape index (κ1) is 20.9. The molecule has 2 aromatic carbocycles. The molecule has 0 fully saturated rings. The summed E-state index contributed by atoms with van der Waals surface area (Å²) in [5, 5.41) is 1.23. The Kier molecular flexibility index (Phi) is 6.26. The van der Waals surface area contributed by atoms with Crippen LogP contribution >= 0.6 is 0 Å². The highest BCUT2D eigenvalue weighted by Gasteiger charge is 2.15. The first-order valence-electron chi connectivity index (χ1n) is 9.30. The average molecular weight is 413 g/mol. The predicted molar refractivity (Wildman–Crippen MR) is 111 cm³/mol. The van der Waals surface area contributed by atoms with Crippen LogP contribution in [0, 0.1) is 6.92 Å². The van der Waals surface area contributed by atoms with Gasteiger partial charge in [-0.05, 0) is 44.5 Å². The summed E-state index contributed by atoms with van der Waals surface area (Å²) in [6, 6.07) is 16.9. The van der Waals surface area contributed by atoms with Gasteiger partial charge in [0, 0.05) is 17.7 Å². The standard InChI is InChI=1S/C19H17N3.C2H6O4S/c1-3-22-11-10-15(14-9-8-13(2)12-18(14)22)19-20-16-6-4-5-7-17(16)21-19;1-2-6-7(3,4)5/h4-12H,3H2,1-2H3;2H2,1H3,(H,3,4,5). The first-order valence-corrected chi connectivity index (χ1v) is 10.6. The zero-order chi connectivity index (χ0) is 21.0. The molecular formula is C21H23N3O4S. The van der Waals surface area contributed by atoms with Gasteiger partial charge in [-0.1, -0.05) is 18.2 Å². The van der Waals surface area contributed by atoms with Crippen LogP contribution in [0.1, 0.15) is 19.4 Å². The van der Waals surface area contributed by atoms with E-state index in [0.717, 1.165) is 29.0 Å². The molecule has 0 saturated carbocycles. The number of imidazole rings is 1. The Hall–Kier alpha value is -2.81. The van der Waals surface area contributed by atoms with E-state index in [9.17, 15) is 13.0 Å². The SMILES string of the molecule is CCOS(=O)(=O)[O-].CC[n+]1ccc(-c2nc3ccccc3[nH]2)c2ccc(C)cc21. The minimum atomic E-state index is -4.42. The van der Waals surface area contributed by atoms with Gasteiger partial charge in [-0.2, -0.15) is 4.57 Å². The van der Waals surface area contributed by atoms with Crippen molar-refractivity contribution < 1.29 is 21.7 Å². The third kappa shape index (κ3) is 4.97. The van der Waals surface area contributed by atoms with Crippen molar-refractivity contribution in [2.24, 2.45) is 0 Å². The van der Waals surface area contributed by atoms with E-state index in [2.05, 4.69) is 64.1 Å². The number of aromatic nitrogens is 3. The number of hydrogen-bond donors (Lipinski definition) is 1. The van der Waals surface area contributed by atoms with Crippen molar-refractivity contribution in [3.8, 4) is 11.4 Å². The maximum absolute atomic E-state index is 9.45. The number of pyridine rings is 1. The van der Waals surface area contributed by atoms with Gasteiger partial charge in [0.1, 0.15) is 12.4 Å². The molecule has 2 aromatic heterocycles. The Morgan fingerprint density at radius 3 is 2.52 bits per heavy atom. The predicted octanol–water partition coefficient (Wildman–Crippen LogP) is 3.48. The van der Waals surface area contributed by atoms with E-state index in [0.29, 0.717) is 0 Å². The third-order valence-corrected chi connectivity index (χ3v) is 4.95. The summed E-state index contributed by atoms with van der Waals surface area (Å²) in [7, 11) is -4.42. The third-order valence-electron chi connectivity index (χ3n) is 4.42. The van der Waals surface area contributed by atoms with Gasteiger partial charge < -0.3 is 9.54 Å². The Balaban J connectivity index is 0.000000298. The molecule has 0 aliphatic rings. The Morgan fingerprint density at radius 2 is 1.90 bits per heavy atom. The number of nitrogens with zero attached hydrogens (tertiary/aromatic N) is 2. The van der Waals surface area contributed by atoms with Crippen LogP contribution in [0.4, 0.5) is 0 Å². The van der Waals surface area contributed by atoms with Gasteiger partial charge in [-0.15, -0.1) is 0 Å². The van der Waals surface area contributed by atoms with Crippen molar-refractivity contribution >= 4 is 32.3 Å². The molecule has 8 heteroatoms. The lowest BCUT2D eigenvalue weighted by molar-refractivity contribution is -0.667. The molecule has 1 N–H and O–H groups in total. The molecule has 7 nitrogen and oxygen atoms in total. The number of aromatic amines is 1. The molecule has 0 saturated heterocycles. The lowest BCUT2D eigenvalue weighted by Crippen LogP contribution is -2.32. The molecule has 0 unspecified atom stereocenters. The van der Waals surface area contributed by atoms with Crippen molar-refractivity contribution in [2.45, 2.75) is 27.3 Å². The second kappa shape index (κ2) is 8.69. The summed E-state index contributed by atoms with van der Waals surface area (Å²) in [5.41, 5.74) is 5.75. The Morgan fingerprint density at radius 1 is 1.14 bits per heavy atom. The fraction of sp³-hybridized carbons (Fsp3) is 0.238. The first-order chi connectivity index (χ1) is 13.8. The van der Waals surface area contributed by atoms with Crippen molar-refractivity contribution in [3.63, 3.8) is 0 Å². The Bertz CT molecular complexity index is 1220. The summed E-state index contributed by atoms with van der Waals surface area (Å²) < 4.78 is 34.3. The number of fused-ring (bicyclic) bond motifs is 2.